The molecule has 0 aliphatic carbocycles. The minimum Gasteiger partial charge on any atom is -0.377 e. The van der Waals surface area contributed by atoms with Gasteiger partial charge in [-0.3, -0.25) is 4.90 Å². The lowest BCUT2D eigenvalue weighted by Gasteiger charge is -2.37. The first-order valence-electron chi connectivity index (χ1n) is 6.24. The van der Waals surface area contributed by atoms with Gasteiger partial charge in [0, 0.05) is 25.2 Å². The van der Waals surface area contributed by atoms with Crippen LogP contribution in [0.4, 0.5) is 0 Å². The molecule has 0 radical (unpaired) electrons. The van der Waals surface area contributed by atoms with E-state index in [1.165, 1.54) is 19.4 Å². The molecule has 0 saturated carbocycles. The predicted molar refractivity (Wildman–Crippen MR) is 63.9 cm³/mol. The van der Waals surface area contributed by atoms with Crippen molar-refractivity contribution in [3.05, 3.63) is 0 Å². The molecule has 1 fully saturated rings. The number of ether oxygens (including phenoxy) is 1. The minimum atomic E-state index is 0.299. The molecule has 0 amide bonds. The molecule has 90 valence electrons. The Kier molecular flexibility index (Phi) is 5.58. The van der Waals surface area contributed by atoms with Crippen LogP contribution in [0.15, 0.2) is 0 Å². The van der Waals surface area contributed by atoms with Crippen molar-refractivity contribution in [3.8, 4) is 0 Å². The number of piperidine rings is 1. The summed E-state index contributed by atoms with van der Waals surface area (Å²) >= 11 is 0. The summed E-state index contributed by atoms with van der Waals surface area (Å²) in [5.74, 6) is 0. The molecule has 0 aromatic heterocycles. The molecule has 2 N–H and O–H groups in total. The van der Waals surface area contributed by atoms with E-state index in [0.717, 1.165) is 19.6 Å². The molecule has 3 nitrogen and oxygen atoms in total. The SMILES string of the molecule is CCOC1CCCN(C(C)CC(C)N)C1. The van der Waals surface area contributed by atoms with E-state index in [1.54, 1.807) is 0 Å². The Morgan fingerprint density at radius 1 is 1.47 bits per heavy atom. The van der Waals surface area contributed by atoms with Gasteiger partial charge in [0.15, 0.2) is 0 Å². The average molecular weight is 214 g/mol. The van der Waals surface area contributed by atoms with Gasteiger partial charge in [0.2, 0.25) is 0 Å². The van der Waals surface area contributed by atoms with Gasteiger partial charge in [-0.25, -0.2) is 0 Å². The molecule has 3 heteroatoms. The van der Waals surface area contributed by atoms with Crippen LogP contribution >= 0.6 is 0 Å². The van der Waals surface area contributed by atoms with Crippen molar-refractivity contribution in [2.45, 2.75) is 58.2 Å². The molecule has 1 aliphatic rings. The first-order chi connectivity index (χ1) is 7.13. The van der Waals surface area contributed by atoms with Gasteiger partial charge in [-0.2, -0.15) is 0 Å². The zero-order valence-electron chi connectivity index (χ0n) is 10.4. The molecular formula is C12H26N2O. The molecular weight excluding hydrogens is 188 g/mol. The van der Waals surface area contributed by atoms with E-state index < -0.39 is 0 Å². The number of rotatable bonds is 5. The topological polar surface area (TPSA) is 38.5 Å². The van der Waals surface area contributed by atoms with Crippen molar-refractivity contribution in [2.75, 3.05) is 19.7 Å². The standard InChI is InChI=1S/C12H26N2O/c1-4-15-12-6-5-7-14(9-12)11(3)8-10(2)13/h10-12H,4-9,13H2,1-3H3. The van der Waals surface area contributed by atoms with Crippen LogP contribution in [0.3, 0.4) is 0 Å². The number of hydrogen-bond donors (Lipinski definition) is 1. The van der Waals surface area contributed by atoms with Gasteiger partial charge in [0.1, 0.15) is 0 Å². The van der Waals surface area contributed by atoms with Crippen LogP contribution in [-0.4, -0.2) is 42.8 Å². The maximum atomic E-state index is 5.84. The molecule has 1 rings (SSSR count). The number of hydrogen-bond acceptors (Lipinski definition) is 3. The highest BCUT2D eigenvalue weighted by Gasteiger charge is 2.23. The maximum Gasteiger partial charge on any atom is 0.0702 e. The fourth-order valence-electron chi connectivity index (χ4n) is 2.43. The Morgan fingerprint density at radius 2 is 2.20 bits per heavy atom. The highest BCUT2D eigenvalue weighted by molar-refractivity contribution is 4.79. The number of likely N-dealkylation sites (tertiary alicyclic amines) is 1. The lowest BCUT2D eigenvalue weighted by molar-refractivity contribution is -0.00659. The average Bonchev–Trinajstić information content (AvgIpc) is 2.17. The Labute approximate surface area is 94.0 Å². The first-order valence-corrected chi connectivity index (χ1v) is 6.24. The zero-order valence-corrected chi connectivity index (χ0v) is 10.4. The molecule has 1 heterocycles. The Balaban J connectivity index is 2.34. The lowest BCUT2D eigenvalue weighted by atomic mass is 10.0. The summed E-state index contributed by atoms with van der Waals surface area (Å²) in [6.45, 7) is 9.56. The monoisotopic (exact) mass is 214 g/mol. The molecule has 3 atom stereocenters. The van der Waals surface area contributed by atoms with Crippen LogP contribution in [0.2, 0.25) is 0 Å². The summed E-state index contributed by atoms with van der Waals surface area (Å²) in [5.41, 5.74) is 5.84. The van der Waals surface area contributed by atoms with E-state index in [4.69, 9.17) is 10.5 Å². The summed E-state index contributed by atoms with van der Waals surface area (Å²) < 4.78 is 5.70. The lowest BCUT2D eigenvalue weighted by Crippen LogP contribution is -2.45. The second-order valence-corrected chi connectivity index (χ2v) is 4.78. The van der Waals surface area contributed by atoms with Crippen LogP contribution < -0.4 is 5.73 Å². The highest BCUT2D eigenvalue weighted by Crippen LogP contribution is 2.17. The van der Waals surface area contributed by atoms with Crippen molar-refractivity contribution < 1.29 is 4.74 Å². The van der Waals surface area contributed by atoms with Gasteiger partial charge in [-0.05, 0) is 46.6 Å². The second kappa shape index (κ2) is 6.46. The Hall–Kier alpha value is -0.120. The van der Waals surface area contributed by atoms with Crippen molar-refractivity contribution in [1.29, 1.82) is 0 Å². The van der Waals surface area contributed by atoms with Crippen molar-refractivity contribution >= 4 is 0 Å². The predicted octanol–water partition coefficient (Wildman–Crippen LogP) is 1.61. The van der Waals surface area contributed by atoms with E-state index in [9.17, 15) is 0 Å². The van der Waals surface area contributed by atoms with Gasteiger partial charge in [-0.1, -0.05) is 0 Å². The summed E-state index contributed by atoms with van der Waals surface area (Å²) in [6.07, 6.45) is 4.00. The first kappa shape index (κ1) is 12.9. The summed E-state index contributed by atoms with van der Waals surface area (Å²) in [7, 11) is 0. The molecule has 0 bridgehead atoms. The van der Waals surface area contributed by atoms with E-state index in [-0.39, 0.29) is 0 Å². The van der Waals surface area contributed by atoms with Gasteiger partial charge in [0.05, 0.1) is 6.10 Å². The van der Waals surface area contributed by atoms with Gasteiger partial charge in [0.25, 0.3) is 0 Å². The molecule has 1 aliphatic heterocycles. The second-order valence-electron chi connectivity index (χ2n) is 4.78. The van der Waals surface area contributed by atoms with Crippen LogP contribution in [0.25, 0.3) is 0 Å². The molecule has 0 aromatic rings. The smallest absolute Gasteiger partial charge is 0.0702 e. The van der Waals surface area contributed by atoms with Crippen molar-refractivity contribution in [1.82, 2.24) is 4.90 Å². The van der Waals surface area contributed by atoms with Gasteiger partial charge < -0.3 is 10.5 Å². The van der Waals surface area contributed by atoms with E-state index in [2.05, 4.69) is 25.7 Å². The van der Waals surface area contributed by atoms with E-state index in [0.29, 0.717) is 18.2 Å². The summed E-state index contributed by atoms with van der Waals surface area (Å²) in [4.78, 5) is 2.52. The molecule has 15 heavy (non-hydrogen) atoms. The third-order valence-electron chi connectivity index (χ3n) is 3.15. The Bertz CT molecular complexity index is 171. The third-order valence-corrected chi connectivity index (χ3v) is 3.15. The van der Waals surface area contributed by atoms with E-state index >= 15 is 0 Å². The fraction of sp³-hybridized carbons (Fsp3) is 1.00. The van der Waals surface area contributed by atoms with Crippen LogP contribution in [0.1, 0.15) is 40.0 Å². The van der Waals surface area contributed by atoms with Crippen LogP contribution in [0.5, 0.6) is 0 Å². The molecule has 0 spiro atoms. The zero-order chi connectivity index (χ0) is 11.3. The van der Waals surface area contributed by atoms with Crippen LogP contribution in [-0.2, 0) is 4.74 Å². The third kappa shape index (κ3) is 4.49. The minimum absolute atomic E-state index is 0.299. The quantitative estimate of drug-likeness (QED) is 0.755. The summed E-state index contributed by atoms with van der Waals surface area (Å²) in [6, 6.07) is 0.890. The normalized spacial score (nSPS) is 27.6. The molecule has 0 aromatic carbocycles. The van der Waals surface area contributed by atoms with E-state index in [1.807, 2.05) is 0 Å². The fourth-order valence-corrected chi connectivity index (χ4v) is 2.43. The van der Waals surface area contributed by atoms with Crippen molar-refractivity contribution in [2.24, 2.45) is 5.73 Å². The largest absolute Gasteiger partial charge is 0.377 e. The van der Waals surface area contributed by atoms with Crippen molar-refractivity contribution in [3.63, 3.8) is 0 Å². The number of nitrogens with zero attached hydrogens (tertiary/aromatic N) is 1. The van der Waals surface area contributed by atoms with Gasteiger partial charge >= 0.3 is 0 Å². The number of nitrogens with two attached hydrogens (primary N) is 1. The van der Waals surface area contributed by atoms with Crippen LogP contribution in [0, 0.1) is 0 Å². The molecule has 1 saturated heterocycles. The summed E-state index contributed by atoms with van der Waals surface area (Å²) in [5, 5.41) is 0. The maximum absolute atomic E-state index is 5.84. The molecule has 3 unspecified atom stereocenters. The Morgan fingerprint density at radius 3 is 2.80 bits per heavy atom. The van der Waals surface area contributed by atoms with Gasteiger partial charge in [-0.15, -0.1) is 0 Å². The highest BCUT2D eigenvalue weighted by atomic mass is 16.5.